The summed E-state index contributed by atoms with van der Waals surface area (Å²) in [4.78, 5) is 14.3. The molecule has 1 aromatic carbocycles. The second-order valence-electron chi connectivity index (χ2n) is 5.28. The Morgan fingerprint density at radius 3 is 2.90 bits per heavy atom. The molecule has 21 heavy (non-hydrogen) atoms. The lowest BCUT2D eigenvalue weighted by Gasteiger charge is -2.20. The summed E-state index contributed by atoms with van der Waals surface area (Å²) in [6, 6.07) is 9.70. The van der Waals surface area contributed by atoms with E-state index in [1.165, 1.54) is 23.4 Å². The Balaban J connectivity index is 1.89. The predicted octanol–water partition coefficient (Wildman–Crippen LogP) is 3.99. The minimum atomic E-state index is -0.504. The van der Waals surface area contributed by atoms with Crippen LogP contribution >= 0.6 is 11.6 Å². The van der Waals surface area contributed by atoms with Gasteiger partial charge in [-0.1, -0.05) is 42.8 Å². The van der Waals surface area contributed by atoms with E-state index in [9.17, 15) is 10.1 Å². The van der Waals surface area contributed by atoms with Crippen molar-refractivity contribution < 1.29 is 4.92 Å². The van der Waals surface area contributed by atoms with Crippen LogP contribution in [-0.2, 0) is 6.42 Å². The highest BCUT2D eigenvalue weighted by Crippen LogP contribution is 2.39. The number of rotatable bonds is 3. The van der Waals surface area contributed by atoms with Crippen LogP contribution in [0, 0.1) is 16.0 Å². The third-order valence-electron chi connectivity index (χ3n) is 3.83. The number of nitrogens with zero attached hydrogens (tertiary/aromatic N) is 2. The van der Waals surface area contributed by atoms with Crippen molar-refractivity contribution in [1.29, 1.82) is 0 Å². The zero-order valence-electron chi connectivity index (χ0n) is 11.4. The minimum Gasteiger partial charge on any atom is -0.362 e. The van der Waals surface area contributed by atoms with Crippen LogP contribution in [0.4, 0.5) is 11.5 Å². The third-order valence-corrected chi connectivity index (χ3v) is 4.12. The standard InChI is InChI=1S/C15H14ClN3O2/c1-9-6-10-4-2-3-5-12(10)14(9)18-15-13(16)7-11(8-17-15)19(20)21/h2-5,7-9,14H,6H2,1H3,(H,17,18). The van der Waals surface area contributed by atoms with E-state index < -0.39 is 4.92 Å². The molecule has 0 saturated heterocycles. The van der Waals surface area contributed by atoms with Gasteiger partial charge in [0.05, 0.1) is 16.0 Å². The van der Waals surface area contributed by atoms with Gasteiger partial charge in [-0.3, -0.25) is 10.1 Å². The molecule has 0 spiro atoms. The Morgan fingerprint density at radius 2 is 2.19 bits per heavy atom. The summed E-state index contributed by atoms with van der Waals surface area (Å²) >= 11 is 6.10. The normalized spacial score (nSPS) is 20.1. The number of fused-ring (bicyclic) bond motifs is 1. The first-order valence-corrected chi connectivity index (χ1v) is 7.08. The van der Waals surface area contributed by atoms with Crippen molar-refractivity contribution in [2.75, 3.05) is 5.32 Å². The Bertz CT molecular complexity index is 705. The molecule has 0 saturated carbocycles. The fourth-order valence-electron chi connectivity index (χ4n) is 2.80. The zero-order chi connectivity index (χ0) is 15.0. The smallest absolute Gasteiger partial charge is 0.289 e. The molecule has 6 heteroatoms. The van der Waals surface area contributed by atoms with Crippen LogP contribution < -0.4 is 5.32 Å². The number of halogens is 1. The molecule has 2 unspecified atom stereocenters. The number of benzene rings is 1. The highest BCUT2D eigenvalue weighted by Gasteiger charge is 2.29. The molecule has 1 aromatic heterocycles. The zero-order valence-corrected chi connectivity index (χ0v) is 12.2. The minimum absolute atomic E-state index is 0.106. The van der Waals surface area contributed by atoms with Gasteiger partial charge in [0.1, 0.15) is 12.0 Å². The lowest BCUT2D eigenvalue weighted by molar-refractivity contribution is -0.385. The molecule has 1 aliphatic carbocycles. The molecular weight excluding hydrogens is 290 g/mol. The predicted molar refractivity (Wildman–Crippen MR) is 81.6 cm³/mol. The summed E-state index contributed by atoms with van der Waals surface area (Å²) in [5.74, 6) is 0.895. The van der Waals surface area contributed by atoms with Crippen LogP contribution in [0.3, 0.4) is 0 Å². The number of nitrogens with one attached hydrogen (secondary N) is 1. The molecule has 2 aromatic rings. The van der Waals surface area contributed by atoms with E-state index >= 15 is 0 Å². The van der Waals surface area contributed by atoms with E-state index in [2.05, 4.69) is 29.4 Å². The SMILES string of the molecule is CC1Cc2ccccc2C1Nc1ncc([N+](=O)[O-])cc1Cl. The third kappa shape index (κ3) is 2.56. The van der Waals surface area contributed by atoms with Gasteiger partial charge in [-0.05, 0) is 23.5 Å². The summed E-state index contributed by atoms with van der Waals surface area (Å²) in [6.07, 6.45) is 2.22. The van der Waals surface area contributed by atoms with Gasteiger partial charge >= 0.3 is 0 Å². The van der Waals surface area contributed by atoms with E-state index in [0.717, 1.165) is 6.42 Å². The van der Waals surface area contributed by atoms with Crippen molar-refractivity contribution in [1.82, 2.24) is 4.98 Å². The van der Waals surface area contributed by atoms with E-state index in [1.807, 2.05) is 12.1 Å². The maximum atomic E-state index is 10.7. The maximum absolute atomic E-state index is 10.7. The molecule has 2 atom stereocenters. The van der Waals surface area contributed by atoms with Gasteiger partial charge < -0.3 is 5.32 Å². The van der Waals surface area contributed by atoms with Crippen molar-refractivity contribution in [3.63, 3.8) is 0 Å². The van der Waals surface area contributed by atoms with E-state index in [4.69, 9.17) is 11.6 Å². The molecule has 0 fully saturated rings. The number of hydrogen-bond acceptors (Lipinski definition) is 4. The summed E-state index contributed by atoms with van der Waals surface area (Å²) in [5.41, 5.74) is 2.45. The molecule has 1 aliphatic rings. The number of nitro groups is 1. The Labute approximate surface area is 127 Å². The molecule has 108 valence electrons. The number of aromatic nitrogens is 1. The van der Waals surface area contributed by atoms with Gasteiger partial charge in [0.25, 0.3) is 5.69 Å². The van der Waals surface area contributed by atoms with Gasteiger partial charge in [-0.2, -0.15) is 0 Å². The molecule has 1 N–H and O–H groups in total. The molecule has 0 amide bonds. The highest BCUT2D eigenvalue weighted by molar-refractivity contribution is 6.33. The average Bonchev–Trinajstić information content (AvgIpc) is 2.77. The topological polar surface area (TPSA) is 68.1 Å². The Hall–Kier alpha value is -2.14. The molecule has 5 nitrogen and oxygen atoms in total. The fourth-order valence-corrected chi connectivity index (χ4v) is 3.01. The number of anilines is 1. The summed E-state index contributed by atoms with van der Waals surface area (Å²) in [5, 5.41) is 14.3. The van der Waals surface area contributed by atoms with Gasteiger partial charge in [0, 0.05) is 6.07 Å². The van der Waals surface area contributed by atoms with Crippen LogP contribution in [0.5, 0.6) is 0 Å². The molecular formula is C15H14ClN3O2. The van der Waals surface area contributed by atoms with Gasteiger partial charge in [-0.15, -0.1) is 0 Å². The van der Waals surface area contributed by atoms with E-state index in [0.29, 0.717) is 11.7 Å². The molecule has 3 rings (SSSR count). The molecule has 0 radical (unpaired) electrons. The van der Waals surface area contributed by atoms with Crippen molar-refractivity contribution in [3.05, 3.63) is 62.8 Å². The Morgan fingerprint density at radius 1 is 1.43 bits per heavy atom. The molecule has 0 aliphatic heterocycles. The second kappa shape index (κ2) is 5.33. The van der Waals surface area contributed by atoms with E-state index in [-0.39, 0.29) is 16.8 Å². The number of pyridine rings is 1. The van der Waals surface area contributed by atoms with Gasteiger partial charge in [0.15, 0.2) is 0 Å². The summed E-state index contributed by atoms with van der Waals surface area (Å²) < 4.78 is 0. The lowest BCUT2D eigenvalue weighted by Crippen LogP contribution is -2.15. The first kappa shape index (κ1) is 13.8. The Kier molecular flexibility index (Phi) is 3.51. The van der Waals surface area contributed by atoms with Crippen molar-refractivity contribution in [2.24, 2.45) is 5.92 Å². The summed E-state index contributed by atoms with van der Waals surface area (Å²) in [6.45, 7) is 2.16. The van der Waals surface area contributed by atoms with Crippen LogP contribution in [0.25, 0.3) is 0 Å². The quantitative estimate of drug-likeness (QED) is 0.687. The second-order valence-corrected chi connectivity index (χ2v) is 5.69. The van der Waals surface area contributed by atoms with Crippen LogP contribution in [0.2, 0.25) is 5.02 Å². The lowest BCUT2D eigenvalue weighted by atomic mass is 10.0. The van der Waals surface area contributed by atoms with Crippen LogP contribution in [0.1, 0.15) is 24.1 Å². The van der Waals surface area contributed by atoms with Crippen molar-refractivity contribution in [3.8, 4) is 0 Å². The maximum Gasteiger partial charge on any atom is 0.289 e. The van der Waals surface area contributed by atoms with E-state index in [1.54, 1.807) is 0 Å². The fraction of sp³-hybridized carbons (Fsp3) is 0.267. The van der Waals surface area contributed by atoms with Crippen molar-refractivity contribution >= 4 is 23.1 Å². The van der Waals surface area contributed by atoms with Crippen LogP contribution in [-0.4, -0.2) is 9.91 Å². The monoisotopic (exact) mass is 303 g/mol. The molecule has 0 bridgehead atoms. The highest BCUT2D eigenvalue weighted by atomic mass is 35.5. The van der Waals surface area contributed by atoms with Crippen LogP contribution in [0.15, 0.2) is 36.5 Å². The summed E-state index contributed by atoms with van der Waals surface area (Å²) in [7, 11) is 0. The number of hydrogen-bond donors (Lipinski definition) is 1. The largest absolute Gasteiger partial charge is 0.362 e. The van der Waals surface area contributed by atoms with Crippen molar-refractivity contribution in [2.45, 2.75) is 19.4 Å². The van der Waals surface area contributed by atoms with Gasteiger partial charge in [0.2, 0.25) is 0 Å². The first-order chi connectivity index (χ1) is 10.1. The molecule has 1 heterocycles. The average molecular weight is 304 g/mol. The first-order valence-electron chi connectivity index (χ1n) is 6.70. The van der Waals surface area contributed by atoms with Gasteiger partial charge in [-0.25, -0.2) is 4.98 Å².